The van der Waals surface area contributed by atoms with Crippen molar-refractivity contribution in [1.82, 2.24) is 4.98 Å². The summed E-state index contributed by atoms with van der Waals surface area (Å²) in [6, 6.07) is 4.15. The molecule has 1 aromatic heterocycles. The highest BCUT2D eigenvalue weighted by Gasteiger charge is 2.15. The maximum absolute atomic E-state index is 5.61. The summed E-state index contributed by atoms with van der Waals surface area (Å²) in [4.78, 5) is 4.47. The molecule has 88 valence electrons. The number of nitrogens with two attached hydrogens (primary N) is 1. The van der Waals surface area contributed by atoms with Gasteiger partial charge in [0.1, 0.15) is 0 Å². The number of thioether (sulfide) groups is 1. The predicted molar refractivity (Wildman–Crippen MR) is 69.7 cm³/mol. The maximum Gasteiger partial charge on any atom is 0.0992 e. The van der Waals surface area contributed by atoms with E-state index in [9.17, 15) is 0 Å². The van der Waals surface area contributed by atoms with E-state index in [1.165, 1.54) is 42.0 Å². The van der Waals surface area contributed by atoms with E-state index in [1.54, 1.807) is 0 Å². The normalized spacial score (nSPS) is 16.8. The van der Waals surface area contributed by atoms with Gasteiger partial charge in [-0.1, -0.05) is 18.9 Å². The quantitative estimate of drug-likeness (QED) is 0.799. The molecule has 1 fully saturated rings. The molecular formula is C13H20N2S. The summed E-state index contributed by atoms with van der Waals surface area (Å²) in [7, 11) is 0. The first-order valence-electron chi connectivity index (χ1n) is 6.17. The molecule has 1 aliphatic rings. The molecule has 0 aromatic carbocycles. The summed E-state index contributed by atoms with van der Waals surface area (Å²) >= 11 is 1.92. The first kappa shape index (κ1) is 11.9. The minimum Gasteiger partial charge on any atom is -0.330 e. The van der Waals surface area contributed by atoms with E-state index >= 15 is 0 Å². The highest BCUT2D eigenvalue weighted by atomic mass is 32.2. The summed E-state index contributed by atoms with van der Waals surface area (Å²) in [5.41, 5.74) is 6.92. The average Bonchev–Trinajstić information content (AvgIpc) is 2.81. The van der Waals surface area contributed by atoms with Gasteiger partial charge in [0.15, 0.2) is 0 Å². The summed E-state index contributed by atoms with van der Waals surface area (Å²) < 4.78 is 0. The first-order valence-corrected chi connectivity index (χ1v) is 7.15. The molecule has 0 amide bonds. The second-order valence-electron chi connectivity index (χ2n) is 4.47. The fraction of sp³-hybridized carbons (Fsp3) is 0.615. The van der Waals surface area contributed by atoms with Crippen molar-refractivity contribution in [2.24, 2.45) is 11.7 Å². The van der Waals surface area contributed by atoms with Crippen molar-refractivity contribution in [3.63, 3.8) is 0 Å². The highest BCUT2D eigenvalue weighted by molar-refractivity contribution is 7.99. The van der Waals surface area contributed by atoms with Crippen molar-refractivity contribution < 1.29 is 0 Å². The van der Waals surface area contributed by atoms with Gasteiger partial charge in [-0.25, -0.2) is 4.98 Å². The van der Waals surface area contributed by atoms with E-state index in [2.05, 4.69) is 11.1 Å². The van der Waals surface area contributed by atoms with Crippen LogP contribution >= 0.6 is 11.8 Å². The third kappa shape index (κ3) is 3.22. The van der Waals surface area contributed by atoms with Crippen LogP contribution in [-0.4, -0.2) is 17.3 Å². The second kappa shape index (κ2) is 6.26. The van der Waals surface area contributed by atoms with Crippen LogP contribution in [0.1, 0.15) is 31.2 Å². The minimum atomic E-state index is 0.711. The SMILES string of the molecule is NCCc1cccnc1SCC1CCCC1. The Morgan fingerprint density at radius 1 is 1.38 bits per heavy atom. The zero-order valence-corrected chi connectivity index (χ0v) is 10.5. The maximum atomic E-state index is 5.61. The Morgan fingerprint density at radius 3 is 2.94 bits per heavy atom. The van der Waals surface area contributed by atoms with Crippen LogP contribution in [0.4, 0.5) is 0 Å². The van der Waals surface area contributed by atoms with Gasteiger partial charge in [0.05, 0.1) is 5.03 Å². The molecule has 0 unspecified atom stereocenters. The molecule has 16 heavy (non-hydrogen) atoms. The Bertz CT molecular complexity index is 321. The van der Waals surface area contributed by atoms with Gasteiger partial charge in [-0.15, -0.1) is 11.8 Å². The first-order chi connectivity index (χ1) is 7.90. The van der Waals surface area contributed by atoms with Gasteiger partial charge in [0, 0.05) is 11.9 Å². The van der Waals surface area contributed by atoms with E-state index < -0.39 is 0 Å². The van der Waals surface area contributed by atoms with Crippen LogP contribution in [0.15, 0.2) is 23.4 Å². The Hall–Kier alpha value is -0.540. The van der Waals surface area contributed by atoms with Crippen LogP contribution in [0.2, 0.25) is 0 Å². The van der Waals surface area contributed by atoms with Crippen LogP contribution in [0, 0.1) is 5.92 Å². The molecule has 2 rings (SSSR count). The van der Waals surface area contributed by atoms with E-state index in [0.29, 0.717) is 6.54 Å². The number of hydrogen-bond acceptors (Lipinski definition) is 3. The zero-order chi connectivity index (χ0) is 11.2. The predicted octanol–water partition coefficient (Wildman–Crippen LogP) is 2.87. The lowest BCUT2D eigenvalue weighted by Crippen LogP contribution is -2.05. The Morgan fingerprint density at radius 2 is 2.19 bits per heavy atom. The van der Waals surface area contributed by atoms with Gasteiger partial charge >= 0.3 is 0 Å². The monoisotopic (exact) mass is 236 g/mol. The third-order valence-corrected chi connectivity index (χ3v) is 4.47. The van der Waals surface area contributed by atoms with Crippen LogP contribution in [0.25, 0.3) is 0 Å². The Balaban J connectivity index is 1.91. The van der Waals surface area contributed by atoms with Crippen LogP contribution < -0.4 is 5.73 Å². The van der Waals surface area contributed by atoms with E-state index in [4.69, 9.17) is 5.73 Å². The van der Waals surface area contributed by atoms with E-state index in [0.717, 1.165) is 12.3 Å². The van der Waals surface area contributed by atoms with Crippen molar-refractivity contribution in [2.45, 2.75) is 37.1 Å². The van der Waals surface area contributed by atoms with Gasteiger partial charge in [0.2, 0.25) is 0 Å². The fourth-order valence-corrected chi connectivity index (χ4v) is 3.49. The van der Waals surface area contributed by atoms with Crippen molar-refractivity contribution in [3.05, 3.63) is 23.9 Å². The summed E-state index contributed by atoms with van der Waals surface area (Å²) in [5, 5.41) is 1.19. The van der Waals surface area contributed by atoms with Gasteiger partial charge in [0.25, 0.3) is 0 Å². The largest absolute Gasteiger partial charge is 0.330 e. The molecule has 0 bridgehead atoms. The lowest BCUT2D eigenvalue weighted by atomic mass is 10.1. The Labute approximate surface area is 102 Å². The van der Waals surface area contributed by atoms with E-state index in [1.807, 2.05) is 24.0 Å². The number of hydrogen-bond donors (Lipinski definition) is 1. The van der Waals surface area contributed by atoms with Gasteiger partial charge in [-0.2, -0.15) is 0 Å². The zero-order valence-electron chi connectivity index (χ0n) is 9.69. The van der Waals surface area contributed by atoms with Crippen molar-refractivity contribution in [3.8, 4) is 0 Å². The standard InChI is InChI=1S/C13H20N2S/c14-8-7-12-6-3-9-15-13(12)16-10-11-4-1-2-5-11/h3,6,9,11H,1-2,4-5,7-8,10,14H2. The average molecular weight is 236 g/mol. The second-order valence-corrected chi connectivity index (χ2v) is 5.48. The molecule has 0 aliphatic heterocycles. The van der Waals surface area contributed by atoms with Gasteiger partial charge < -0.3 is 5.73 Å². The van der Waals surface area contributed by atoms with Gasteiger partial charge in [-0.3, -0.25) is 0 Å². The van der Waals surface area contributed by atoms with Crippen molar-refractivity contribution in [1.29, 1.82) is 0 Å². The number of rotatable bonds is 5. The molecule has 1 aromatic rings. The number of aromatic nitrogens is 1. The molecule has 0 saturated heterocycles. The molecule has 2 N–H and O–H groups in total. The van der Waals surface area contributed by atoms with E-state index in [-0.39, 0.29) is 0 Å². The number of pyridine rings is 1. The molecule has 1 aliphatic carbocycles. The van der Waals surface area contributed by atoms with Crippen LogP contribution in [0.3, 0.4) is 0 Å². The molecule has 2 nitrogen and oxygen atoms in total. The smallest absolute Gasteiger partial charge is 0.0992 e. The lowest BCUT2D eigenvalue weighted by Gasteiger charge is -2.10. The number of nitrogens with zero attached hydrogens (tertiary/aromatic N) is 1. The minimum absolute atomic E-state index is 0.711. The van der Waals surface area contributed by atoms with Crippen molar-refractivity contribution in [2.75, 3.05) is 12.3 Å². The molecule has 0 radical (unpaired) electrons. The van der Waals surface area contributed by atoms with Crippen LogP contribution in [-0.2, 0) is 6.42 Å². The molecule has 0 atom stereocenters. The highest BCUT2D eigenvalue weighted by Crippen LogP contribution is 2.31. The molecule has 3 heteroatoms. The molecule has 0 spiro atoms. The fourth-order valence-electron chi connectivity index (χ4n) is 2.27. The molecular weight excluding hydrogens is 216 g/mol. The van der Waals surface area contributed by atoms with Crippen molar-refractivity contribution >= 4 is 11.8 Å². The topological polar surface area (TPSA) is 38.9 Å². The van der Waals surface area contributed by atoms with Gasteiger partial charge in [-0.05, 0) is 43.4 Å². The molecule has 1 saturated carbocycles. The summed E-state index contributed by atoms with van der Waals surface area (Å²) in [6.45, 7) is 0.711. The van der Waals surface area contributed by atoms with Crippen LogP contribution in [0.5, 0.6) is 0 Å². The Kier molecular flexibility index (Phi) is 4.67. The summed E-state index contributed by atoms with van der Waals surface area (Å²) in [5.74, 6) is 2.15. The lowest BCUT2D eigenvalue weighted by molar-refractivity contribution is 0.622. The third-order valence-electron chi connectivity index (χ3n) is 3.19. The summed E-state index contributed by atoms with van der Waals surface area (Å²) in [6.07, 6.45) is 8.49. The molecule has 1 heterocycles.